The summed E-state index contributed by atoms with van der Waals surface area (Å²) in [4.78, 5) is 0. The Bertz CT molecular complexity index is 639. The summed E-state index contributed by atoms with van der Waals surface area (Å²) < 4.78 is 12.2. The molecule has 0 aliphatic rings. The van der Waals surface area contributed by atoms with Gasteiger partial charge in [-0.2, -0.15) is 0 Å². The number of unbranched alkanes of at least 4 members (excludes halogenated alkanes) is 5. The maximum absolute atomic E-state index is 6.14. The van der Waals surface area contributed by atoms with Crippen molar-refractivity contribution in [1.29, 1.82) is 0 Å². The van der Waals surface area contributed by atoms with Gasteiger partial charge in [0.15, 0.2) is 0 Å². The number of rotatable bonds is 12. The van der Waals surface area contributed by atoms with Crippen LogP contribution in [-0.2, 0) is 0 Å². The van der Waals surface area contributed by atoms with Gasteiger partial charge in [-0.3, -0.25) is 0 Å². The van der Waals surface area contributed by atoms with Gasteiger partial charge in [0.05, 0.1) is 13.2 Å². The van der Waals surface area contributed by atoms with Crippen LogP contribution in [-0.4, -0.2) is 19.1 Å². The van der Waals surface area contributed by atoms with Gasteiger partial charge < -0.3 is 9.47 Å². The zero-order valence-corrected chi connectivity index (χ0v) is 16.4. The lowest BCUT2D eigenvalue weighted by atomic mass is 10.0. The van der Waals surface area contributed by atoms with Crippen molar-refractivity contribution >= 4 is 22.4 Å². The summed E-state index contributed by atoms with van der Waals surface area (Å²) in [6.45, 7) is 5.85. The number of hydrogen-bond acceptors (Lipinski definition) is 2. The minimum Gasteiger partial charge on any atom is -0.493 e. The molecule has 0 aliphatic carbocycles. The number of hydrogen-bond donors (Lipinski definition) is 0. The first kappa shape index (κ1) is 19.9. The highest BCUT2D eigenvalue weighted by Gasteiger charge is 2.11. The first-order valence-electron chi connectivity index (χ1n) is 9.61. The van der Waals surface area contributed by atoms with E-state index in [0.717, 1.165) is 72.6 Å². The maximum Gasteiger partial charge on any atom is 0.130 e. The number of halogens is 1. The molecule has 0 fully saturated rings. The molecular weight excluding hydrogens is 332 g/mol. The molecule has 3 heteroatoms. The van der Waals surface area contributed by atoms with Crippen LogP contribution in [0.5, 0.6) is 11.5 Å². The topological polar surface area (TPSA) is 18.5 Å². The SMILES string of the molecule is CCCCCCOc1c(C)cc(OCCCCCCl)c2ccccc12. The summed E-state index contributed by atoms with van der Waals surface area (Å²) in [5, 5.41) is 2.28. The van der Waals surface area contributed by atoms with E-state index in [9.17, 15) is 0 Å². The number of alkyl halides is 1. The molecule has 0 radical (unpaired) electrons. The van der Waals surface area contributed by atoms with Crippen LogP contribution in [0.1, 0.15) is 57.4 Å². The van der Waals surface area contributed by atoms with Crippen molar-refractivity contribution in [3.05, 3.63) is 35.9 Å². The van der Waals surface area contributed by atoms with Gasteiger partial charge in [-0.15, -0.1) is 11.6 Å². The van der Waals surface area contributed by atoms with E-state index in [1.807, 2.05) is 0 Å². The summed E-state index contributed by atoms with van der Waals surface area (Å²) in [6.07, 6.45) is 8.07. The summed E-state index contributed by atoms with van der Waals surface area (Å²) in [5.41, 5.74) is 1.14. The summed E-state index contributed by atoms with van der Waals surface area (Å²) in [6, 6.07) is 10.5. The van der Waals surface area contributed by atoms with Gasteiger partial charge in [0, 0.05) is 16.7 Å². The first-order valence-corrected chi connectivity index (χ1v) is 10.1. The Morgan fingerprint density at radius 2 is 1.52 bits per heavy atom. The second kappa shape index (κ2) is 11.3. The molecule has 0 atom stereocenters. The molecule has 0 N–H and O–H groups in total. The Morgan fingerprint density at radius 3 is 2.24 bits per heavy atom. The lowest BCUT2D eigenvalue weighted by molar-refractivity contribution is 0.301. The molecule has 2 aromatic rings. The van der Waals surface area contributed by atoms with Crippen LogP contribution < -0.4 is 9.47 Å². The monoisotopic (exact) mass is 362 g/mol. The van der Waals surface area contributed by atoms with E-state index in [0.29, 0.717) is 0 Å². The highest BCUT2D eigenvalue weighted by molar-refractivity contribution is 6.17. The number of fused-ring (bicyclic) bond motifs is 1. The molecule has 0 spiro atoms. The molecule has 2 nitrogen and oxygen atoms in total. The van der Waals surface area contributed by atoms with E-state index in [-0.39, 0.29) is 0 Å². The van der Waals surface area contributed by atoms with Gasteiger partial charge in [-0.05, 0) is 44.2 Å². The van der Waals surface area contributed by atoms with Gasteiger partial charge >= 0.3 is 0 Å². The number of ether oxygens (including phenoxy) is 2. The molecule has 2 rings (SSSR count). The van der Waals surface area contributed by atoms with Crippen LogP contribution in [0, 0.1) is 6.92 Å². The molecule has 0 bridgehead atoms. The van der Waals surface area contributed by atoms with Crippen LogP contribution in [0.2, 0.25) is 0 Å². The Morgan fingerprint density at radius 1 is 0.840 bits per heavy atom. The third kappa shape index (κ3) is 6.11. The van der Waals surface area contributed by atoms with E-state index in [1.165, 1.54) is 19.3 Å². The Kier molecular flexibility index (Phi) is 8.96. The molecule has 0 aromatic heterocycles. The van der Waals surface area contributed by atoms with Crippen molar-refractivity contribution in [3.63, 3.8) is 0 Å². The largest absolute Gasteiger partial charge is 0.493 e. The van der Waals surface area contributed by atoms with Crippen molar-refractivity contribution in [2.24, 2.45) is 0 Å². The zero-order chi connectivity index (χ0) is 17.9. The van der Waals surface area contributed by atoms with E-state index in [1.54, 1.807) is 0 Å². The smallest absolute Gasteiger partial charge is 0.130 e. The second-order valence-corrected chi connectivity index (χ2v) is 6.95. The fraction of sp³-hybridized carbons (Fsp3) is 0.545. The molecular formula is C22H31ClO2. The standard InChI is InChI=1S/C22H31ClO2/c1-3-4-5-10-16-25-22-18(2)17-21(24-15-11-6-9-14-23)19-12-7-8-13-20(19)22/h7-8,12-13,17H,3-6,9-11,14-16H2,1-2H3. The fourth-order valence-corrected chi connectivity index (χ4v) is 3.21. The third-order valence-electron chi connectivity index (χ3n) is 4.42. The Labute approximate surface area is 157 Å². The molecule has 0 unspecified atom stereocenters. The van der Waals surface area contributed by atoms with Crippen LogP contribution in [0.3, 0.4) is 0 Å². The van der Waals surface area contributed by atoms with Crippen molar-refractivity contribution in [2.75, 3.05) is 19.1 Å². The maximum atomic E-state index is 6.14. The molecule has 0 saturated heterocycles. The van der Waals surface area contributed by atoms with Gasteiger partial charge in [0.1, 0.15) is 11.5 Å². The lowest BCUT2D eigenvalue weighted by Gasteiger charge is -2.16. The van der Waals surface area contributed by atoms with Crippen molar-refractivity contribution < 1.29 is 9.47 Å². The van der Waals surface area contributed by atoms with Gasteiger partial charge in [-0.1, -0.05) is 50.5 Å². The first-order chi connectivity index (χ1) is 12.3. The molecule has 138 valence electrons. The predicted octanol–water partition coefficient (Wildman–Crippen LogP) is 6.90. The third-order valence-corrected chi connectivity index (χ3v) is 4.69. The van der Waals surface area contributed by atoms with Crippen molar-refractivity contribution in [1.82, 2.24) is 0 Å². The minimum absolute atomic E-state index is 0.729. The van der Waals surface area contributed by atoms with Crippen LogP contribution in [0.15, 0.2) is 30.3 Å². The Hall–Kier alpha value is -1.41. The molecule has 0 amide bonds. The van der Waals surface area contributed by atoms with E-state index >= 15 is 0 Å². The average Bonchev–Trinajstić information content (AvgIpc) is 2.63. The second-order valence-electron chi connectivity index (χ2n) is 6.57. The van der Waals surface area contributed by atoms with Gasteiger partial charge in [0.25, 0.3) is 0 Å². The summed E-state index contributed by atoms with van der Waals surface area (Å²) in [7, 11) is 0. The molecule has 25 heavy (non-hydrogen) atoms. The van der Waals surface area contributed by atoms with E-state index in [2.05, 4.69) is 44.2 Å². The summed E-state index contributed by atoms with van der Waals surface area (Å²) >= 11 is 5.73. The molecule has 2 aromatic carbocycles. The highest BCUT2D eigenvalue weighted by Crippen LogP contribution is 2.36. The van der Waals surface area contributed by atoms with Crippen molar-refractivity contribution in [2.45, 2.75) is 58.8 Å². The molecule has 0 aliphatic heterocycles. The van der Waals surface area contributed by atoms with Gasteiger partial charge in [-0.25, -0.2) is 0 Å². The van der Waals surface area contributed by atoms with Crippen LogP contribution >= 0.6 is 11.6 Å². The predicted molar refractivity (Wildman–Crippen MR) is 108 cm³/mol. The van der Waals surface area contributed by atoms with E-state index < -0.39 is 0 Å². The summed E-state index contributed by atoms with van der Waals surface area (Å²) in [5.74, 6) is 2.69. The Balaban J connectivity index is 2.07. The molecule has 0 saturated carbocycles. The van der Waals surface area contributed by atoms with Crippen LogP contribution in [0.25, 0.3) is 10.8 Å². The minimum atomic E-state index is 0.729. The zero-order valence-electron chi connectivity index (χ0n) is 15.7. The average molecular weight is 363 g/mol. The number of aryl methyl sites for hydroxylation is 1. The normalized spacial score (nSPS) is 11.0. The molecule has 0 heterocycles. The van der Waals surface area contributed by atoms with E-state index in [4.69, 9.17) is 21.1 Å². The van der Waals surface area contributed by atoms with Crippen LogP contribution in [0.4, 0.5) is 0 Å². The fourth-order valence-electron chi connectivity index (χ4n) is 3.02. The lowest BCUT2D eigenvalue weighted by Crippen LogP contribution is -2.02. The van der Waals surface area contributed by atoms with Crippen molar-refractivity contribution in [3.8, 4) is 11.5 Å². The van der Waals surface area contributed by atoms with Gasteiger partial charge in [0.2, 0.25) is 0 Å². The highest BCUT2D eigenvalue weighted by atomic mass is 35.5. The number of benzene rings is 2. The quantitative estimate of drug-likeness (QED) is 0.302.